The summed E-state index contributed by atoms with van der Waals surface area (Å²) in [5.41, 5.74) is 14.0. The van der Waals surface area contributed by atoms with Gasteiger partial charge in [0.05, 0.1) is 64.0 Å². The van der Waals surface area contributed by atoms with Gasteiger partial charge in [0.15, 0.2) is 18.9 Å². The molecular formula is C52H67N3O9. The number of ether oxygens (including phenoxy) is 9. The van der Waals surface area contributed by atoms with Gasteiger partial charge in [-0.25, -0.2) is 0 Å². The van der Waals surface area contributed by atoms with Crippen LogP contribution in [0.2, 0.25) is 0 Å². The molecule has 0 amide bonds. The van der Waals surface area contributed by atoms with Gasteiger partial charge in [-0.3, -0.25) is 0 Å². The number of hydrogen-bond acceptors (Lipinski definition) is 10. The van der Waals surface area contributed by atoms with Crippen LogP contribution in [-0.2, 0) is 69.1 Å². The van der Waals surface area contributed by atoms with E-state index < -0.39 is 43.2 Å². The van der Waals surface area contributed by atoms with Crippen LogP contribution in [0.4, 0.5) is 0 Å². The molecule has 7 rings (SSSR count). The van der Waals surface area contributed by atoms with Crippen molar-refractivity contribution in [2.75, 3.05) is 13.2 Å². The van der Waals surface area contributed by atoms with E-state index in [2.05, 4.69) is 56.8 Å². The Hall–Kier alpha value is -4.17. The van der Waals surface area contributed by atoms with Gasteiger partial charge in [0, 0.05) is 4.91 Å². The summed E-state index contributed by atoms with van der Waals surface area (Å²) in [5, 5.41) is 4.24. The molecule has 3 heterocycles. The van der Waals surface area contributed by atoms with Crippen LogP contribution in [0.25, 0.3) is 10.4 Å². The van der Waals surface area contributed by atoms with Crippen LogP contribution in [0.1, 0.15) is 70.2 Å². The second-order valence-corrected chi connectivity index (χ2v) is 17.8. The molecule has 0 bridgehead atoms. The maximum Gasteiger partial charge on any atom is 0.184 e. The summed E-state index contributed by atoms with van der Waals surface area (Å²) in [7, 11) is 0. The van der Waals surface area contributed by atoms with E-state index in [0.29, 0.717) is 19.8 Å². The number of nitrogens with zero attached hydrogens (tertiary/aromatic N) is 3. The summed E-state index contributed by atoms with van der Waals surface area (Å²) in [6, 6.07) is 39.5. The minimum atomic E-state index is -0.849. The fourth-order valence-corrected chi connectivity index (χ4v) is 9.19. The van der Waals surface area contributed by atoms with Crippen molar-refractivity contribution in [2.24, 2.45) is 34.7 Å². The Labute approximate surface area is 379 Å². The standard InChI is InChI=1S/C52H67N3O9/c1-7-43-34(2)36(4)48(57-29-40-22-14-9-15-23-40)51(61-43)60-33-44-35(3)37(5)49(58-30-41-24-16-10-17-25-41)52(62-44)64-47-38(6)46(54-55-53)50(59-31-42-26-18-11-19-27-42)63-45(47)32-56-28-39-20-12-8-13-21-39/h8-27,34-38,43-52H,7,28-33H2,1-6H3/t34-,35-,36-,37-,38-,43?,44?,45?,46?,47-,48?,49?,50+,51-,52-/m0/s1. The molecule has 0 aromatic heterocycles. The largest absolute Gasteiger partial charge is 0.374 e. The Morgan fingerprint density at radius 2 is 0.922 bits per heavy atom. The predicted molar refractivity (Wildman–Crippen MR) is 243 cm³/mol. The lowest BCUT2D eigenvalue weighted by molar-refractivity contribution is -0.345. The van der Waals surface area contributed by atoms with Gasteiger partial charge in [-0.2, -0.15) is 0 Å². The summed E-state index contributed by atoms with van der Waals surface area (Å²) in [5.74, 6) is 0.117. The highest BCUT2D eigenvalue weighted by atomic mass is 16.7. The van der Waals surface area contributed by atoms with Gasteiger partial charge >= 0.3 is 0 Å². The zero-order valence-corrected chi connectivity index (χ0v) is 38.2. The molecule has 64 heavy (non-hydrogen) atoms. The second-order valence-electron chi connectivity index (χ2n) is 17.8. The molecule has 3 saturated heterocycles. The predicted octanol–water partition coefficient (Wildman–Crippen LogP) is 10.4. The van der Waals surface area contributed by atoms with Crippen molar-refractivity contribution >= 4 is 0 Å². The lowest BCUT2D eigenvalue weighted by atomic mass is 9.82. The highest BCUT2D eigenvalue weighted by molar-refractivity contribution is 5.16. The first-order chi connectivity index (χ1) is 31.2. The first kappa shape index (κ1) is 47.8. The molecule has 4 aromatic carbocycles. The zero-order valence-electron chi connectivity index (χ0n) is 38.2. The molecule has 3 aliphatic rings. The van der Waals surface area contributed by atoms with E-state index in [9.17, 15) is 5.53 Å². The van der Waals surface area contributed by atoms with Gasteiger partial charge in [0.1, 0.15) is 18.3 Å². The quantitative estimate of drug-likeness (QED) is 0.0483. The normalized spacial score (nSPS) is 33.0. The average Bonchev–Trinajstić information content (AvgIpc) is 3.33. The van der Waals surface area contributed by atoms with Crippen molar-refractivity contribution in [1.29, 1.82) is 0 Å². The minimum absolute atomic E-state index is 0.0155. The van der Waals surface area contributed by atoms with Crippen molar-refractivity contribution in [3.8, 4) is 0 Å². The van der Waals surface area contributed by atoms with Crippen molar-refractivity contribution < 1.29 is 42.6 Å². The first-order valence-corrected chi connectivity index (χ1v) is 23.1. The molecule has 0 radical (unpaired) electrons. The van der Waals surface area contributed by atoms with E-state index in [0.717, 1.165) is 28.7 Å². The molecule has 0 saturated carbocycles. The molecule has 0 N–H and O–H groups in total. The highest BCUT2D eigenvalue weighted by Gasteiger charge is 2.50. The maximum absolute atomic E-state index is 9.84. The lowest BCUT2D eigenvalue weighted by Crippen LogP contribution is -2.60. The van der Waals surface area contributed by atoms with Gasteiger partial charge in [0.25, 0.3) is 0 Å². The Balaban J connectivity index is 1.13. The topological polar surface area (TPSA) is 132 Å². The van der Waals surface area contributed by atoms with Gasteiger partial charge in [-0.15, -0.1) is 0 Å². The lowest BCUT2D eigenvalue weighted by Gasteiger charge is -2.49. The van der Waals surface area contributed by atoms with E-state index in [4.69, 9.17) is 42.6 Å². The van der Waals surface area contributed by atoms with E-state index >= 15 is 0 Å². The van der Waals surface area contributed by atoms with Crippen LogP contribution in [-0.4, -0.2) is 74.7 Å². The fourth-order valence-electron chi connectivity index (χ4n) is 9.19. The van der Waals surface area contributed by atoms with E-state index in [-0.39, 0.29) is 67.7 Å². The molecule has 3 aliphatic heterocycles. The van der Waals surface area contributed by atoms with Crippen molar-refractivity contribution in [3.05, 3.63) is 154 Å². The molecule has 3 fully saturated rings. The number of benzene rings is 4. The molecule has 0 aliphatic carbocycles. The van der Waals surface area contributed by atoms with Gasteiger partial charge < -0.3 is 42.6 Å². The van der Waals surface area contributed by atoms with Gasteiger partial charge in [0.2, 0.25) is 0 Å². The van der Waals surface area contributed by atoms with Crippen LogP contribution in [0.5, 0.6) is 0 Å². The molecule has 6 unspecified atom stereocenters. The van der Waals surface area contributed by atoms with Crippen LogP contribution in [0, 0.1) is 29.6 Å². The average molecular weight is 878 g/mol. The Morgan fingerprint density at radius 3 is 1.44 bits per heavy atom. The molecule has 15 atom stereocenters. The van der Waals surface area contributed by atoms with Gasteiger partial charge in [-0.1, -0.05) is 168 Å². The van der Waals surface area contributed by atoms with Crippen molar-refractivity contribution in [3.63, 3.8) is 0 Å². The zero-order chi connectivity index (χ0) is 44.8. The summed E-state index contributed by atoms with van der Waals surface area (Å²) in [4.78, 5) is 3.25. The summed E-state index contributed by atoms with van der Waals surface area (Å²) >= 11 is 0. The third kappa shape index (κ3) is 12.4. The van der Waals surface area contributed by atoms with Crippen LogP contribution >= 0.6 is 0 Å². The number of hydrogen-bond donors (Lipinski definition) is 0. The van der Waals surface area contributed by atoms with Crippen LogP contribution in [0.15, 0.2) is 126 Å². The number of rotatable bonds is 20. The maximum atomic E-state index is 9.84. The van der Waals surface area contributed by atoms with Gasteiger partial charge in [-0.05, 0) is 63.8 Å². The van der Waals surface area contributed by atoms with E-state index in [1.54, 1.807) is 0 Å². The number of azide groups is 1. The first-order valence-electron chi connectivity index (χ1n) is 23.1. The molecule has 12 heteroatoms. The van der Waals surface area contributed by atoms with Crippen molar-refractivity contribution in [1.82, 2.24) is 0 Å². The Morgan fingerprint density at radius 1 is 0.469 bits per heavy atom. The van der Waals surface area contributed by atoms with E-state index in [1.165, 1.54) is 0 Å². The third-order valence-corrected chi connectivity index (χ3v) is 13.6. The molecule has 0 spiro atoms. The van der Waals surface area contributed by atoms with Crippen molar-refractivity contribution in [2.45, 2.75) is 136 Å². The second kappa shape index (κ2) is 23.8. The third-order valence-electron chi connectivity index (χ3n) is 13.6. The van der Waals surface area contributed by atoms with Crippen LogP contribution < -0.4 is 0 Å². The summed E-state index contributed by atoms with van der Waals surface area (Å²) < 4.78 is 60.5. The Kier molecular flexibility index (Phi) is 17.8. The Bertz CT molecular complexity index is 1990. The van der Waals surface area contributed by atoms with E-state index in [1.807, 2.05) is 116 Å². The smallest absolute Gasteiger partial charge is 0.184 e. The summed E-state index contributed by atoms with van der Waals surface area (Å²) in [6.45, 7) is 14.9. The molecular weight excluding hydrogens is 811 g/mol. The van der Waals surface area contributed by atoms with Crippen LogP contribution in [0.3, 0.4) is 0 Å². The molecule has 344 valence electrons. The minimum Gasteiger partial charge on any atom is -0.374 e. The summed E-state index contributed by atoms with van der Waals surface area (Å²) in [6.07, 6.45) is -3.76. The SMILES string of the molecule is CCC1O[C@H](OCC2O[C@@H](O[C@@H]3C(COCc4ccccc4)O[C@@H](OCc4ccccc4)C(N=[N+]=[N-])[C@@H]3C)C(OCc3ccccc3)[C@@H](C)[C@@H]2C)C(OCc2ccccc2)[C@@H](C)[C@@H]1C. The molecule has 12 nitrogen and oxygen atoms in total. The monoisotopic (exact) mass is 877 g/mol. The highest BCUT2D eigenvalue weighted by Crippen LogP contribution is 2.40. The molecule has 4 aromatic rings. The fraction of sp³-hybridized carbons (Fsp3) is 0.538.